The number of hydrogen-bond donors (Lipinski definition) is 8. The molecular weight excluding hydrogens is 1340 g/mol. The Bertz CT molecular complexity index is 4870. The first kappa shape index (κ1) is 76.5. The Morgan fingerprint density at radius 3 is 2.20 bits per heavy atom. The van der Waals surface area contributed by atoms with Crippen LogP contribution in [0.3, 0.4) is 0 Å². The van der Waals surface area contributed by atoms with Crippen LogP contribution in [0.2, 0.25) is 0 Å². The van der Waals surface area contributed by atoms with Crippen molar-refractivity contribution >= 4 is 73.3 Å². The number of methoxy groups -OCH3 is 2. The van der Waals surface area contributed by atoms with E-state index in [9.17, 15) is 42.6 Å². The van der Waals surface area contributed by atoms with Gasteiger partial charge in [-0.05, 0) is 201 Å². The number of amides is 4. The number of tetrazole rings is 1. The van der Waals surface area contributed by atoms with Crippen LogP contribution < -0.4 is 75.2 Å². The molecule has 530 valence electrons. The molecule has 1 saturated carbocycles. The van der Waals surface area contributed by atoms with Gasteiger partial charge >= 0.3 is 35.7 Å². The summed E-state index contributed by atoms with van der Waals surface area (Å²) in [5.74, 6) is 1.27. The van der Waals surface area contributed by atoms with Crippen molar-refractivity contribution in [1.82, 2.24) is 35.2 Å². The average Bonchev–Trinajstić information content (AvgIpc) is 1.63. The van der Waals surface area contributed by atoms with Crippen molar-refractivity contribution in [2.24, 2.45) is 7.05 Å². The summed E-state index contributed by atoms with van der Waals surface area (Å²) in [5.41, 5.74) is 8.56. The number of nitrogens with zero attached hydrogens (tertiary/aromatic N) is 4. The number of aromatic amines is 1. The van der Waals surface area contributed by atoms with E-state index in [1.54, 1.807) is 99.0 Å². The summed E-state index contributed by atoms with van der Waals surface area (Å²) in [4.78, 5) is 61.0. The molecule has 3 aromatic heterocycles. The van der Waals surface area contributed by atoms with Gasteiger partial charge in [0.1, 0.15) is 34.7 Å². The number of unbranched alkanes of at least 4 members (excludes halogenated alkanes) is 1. The first-order valence-corrected chi connectivity index (χ1v) is 34.6. The third kappa shape index (κ3) is 21.2. The molecule has 11 aromatic rings. The van der Waals surface area contributed by atoms with E-state index in [2.05, 4.69) is 70.9 Å². The van der Waals surface area contributed by atoms with Gasteiger partial charge in [0.15, 0.2) is 11.2 Å². The number of hydrogen-bond acceptors (Lipinski definition) is 18. The number of rotatable bonds is 26. The Balaban J connectivity index is 0.000000201. The molecule has 0 aliphatic heterocycles. The van der Waals surface area contributed by atoms with Crippen LogP contribution in [0.15, 0.2) is 202 Å². The Morgan fingerprint density at radius 1 is 0.767 bits per heavy atom. The SMILES string of the molecule is COc1cc(C(=O)NS(=O)(=O)c2ccccc2C)ccc1Cc1cn(C)c2ccc(NC(=O)OC3CCCC3)cc12.COc1ccc(CC(C)NCC(O)c2ccc(O)c(NC=O)c2)cc1.O=C(Nc1ccc2c(=O)cc(-c3nn[nH]n3)oc2c1)c1ccc(OCCCCc2ccccc2)cc1.[H-].[Na+]. The fraction of sp³-hybridized carbons (Fsp3) is 0.247. The van der Waals surface area contributed by atoms with E-state index in [0.29, 0.717) is 76.5 Å². The molecule has 0 radical (unpaired) electrons. The number of aryl methyl sites for hydroxylation is 3. The van der Waals surface area contributed by atoms with Crippen LogP contribution in [0.5, 0.6) is 23.0 Å². The summed E-state index contributed by atoms with van der Waals surface area (Å²) in [6.07, 6.45) is 9.59. The van der Waals surface area contributed by atoms with E-state index >= 15 is 0 Å². The van der Waals surface area contributed by atoms with Crippen LogP contribution in [0, 0.1) is 6.92 Å². The molecule has 24 nitrogen and oxygen atoms in total. The number of benzene rings is 8. The molecule has 3 heterocycles. The van der Waals surface area contributed by atoms with Gasteiger partial charge in [0.05, 0.1) is 42.9 Å². The number of phenols is 1. The van der Waals surface area contributed by atoms with Gasteiger partial charge in [0.25, 0.3) is 21.8 Å². The Hall–Kier alpha value is -10.7. The standard InChI is InChI=1S/C31H33N3O6S.C27H23N5O4.C19H24N2O4.Na.H/c1-20-8-4-7-11-29(20)41(37,38)33-30(35)22-13-12-21(28(17-22)39-3)16-23-19-34(2)27-15-14-24(18-26(23)27)32-31(36)40-25-9-5-6-10-25;33-23-17-25(26-29-31-32-30-26)36-24-16-20(11-14-22(23)24)28-27(34)19-9-12-21(13-10-19)35-15-5-4-8-18-6-2-1-3-7-18;1-13(9-14-3-6-16(25-2)7-4-14)20-11-19(24)15-5-8-18(23)17(10-15)21-12-22;;/h4,7-8,11-15,17-19,25H,5-6,9-10,16H2,1-3H3,(H,32,36)(H,33,35);1-3,6-7,9-14,16-17H,4-5,8,15H2,(H,28,34)(H,29,30,31,32);3-8,10,12-13,19-20,23-24H,9,11H2,1-2H3,(H,21,22);;/q;;;+1;-1. The maximum Gasteiger partial charge on any atom is 1.00 e. The number of carbonyl (C=O) groups is 4. The van der Waals surface area contributed by atoms with Gasteiger partial charge in [-0.1, -0.05) is 72.8 Å². The van der Waals surface area contributed by atoms with Crippen LogP contribution in [-0.4, -0.2) is 108 Å². The second kappa shape index (κ2) is 36.8. The minimum atomic E-state index is -4.04. The molecule has 103 heavy (non-hydrogen) atoms. The van der Waals surface area contributed by atoms with Gasteiger partial charge < -0.3 is 55.5 Å². The number of aliphatic hydroxyl groups is 1. The maximum atomic E-state index is 12.9. The molecule has 2 atom stereocenters. The zero-order chi connectivity index (χ0) is 72.1. The van der Waals surface area contributed by atoms with Crippen LogP contribution in [0.4, 0.5) is 21.9 Å². The van der Waals surface area contributed by atoms with E-state index in [4.69, 9.17) is 23.4 Å². The normalized spacial score (nSPS) is 12.4. The van der Waals surface area contributed by atoms with E-state index in [-0.39, 0.29) is 87.9 Å². The van der Waals surface area contributed by atoms with Crippen molar-refractivity contribution in [2.75, 3.05) is 43.3 Å². The van der Waals surface area contributed by atoms with Crippen molar-refractivity contribution in [3.8, 4) is 34.6 Å². The molecule has 1 aliphatic rings. The monoisotopic (exact) mass is 1420 g/mol. The fourth-order valence-electron chi connectivity index (χ4n) is 11.7. The van der Waals surface area contributed by atoms with E-state index in [0.717, 1.165) is 79.1 Å². The molecule has 12 rings (SSSR count). The third-order valence-electron chi connectivity index (χ3n) is 17.1. The molecule has 0 bridgehead atoms. The summed E-state index contributed by atoms with van der Waals surface area (Å²) < 4.78 is 57.6. The number of carbonyl (C=O) groups excluding carboxylic acids is 4. The average molecular weight is 1430 g/mol. The number of ether oxygens (including phenoxy) is 4. The molecule has 0 spiro atoms. The number of phenolic OH excluding ortho intramolecular Hbond substituents is 1. The molecule has 1 fully saturated rings. The number of aromatic nitrogens is 5. The van der Waals surface area contributed by atoms with Crippen molar-refractivity contribution in [3.05, 3.63) is 243 Å². The summed E-state index contributed by atoms with van der Waals surface area (Å²) in [6.45, 7) is 4.70. The number of aliphatic hydroxyl groups excluding tert-OH is 1. The van der Waals surface area contributed by atoms with Crippen LogP contribution in [0.1, 0.15) is 107 Å². The first-order valence-electron chi connectivity index (χ1n) is 33.2. The fourth-order valence-corrected chi connectivity index (χ4v) is 12.9. The predicted octanol–water partition coefficient (Wildman–Crippen LogP) is 9.66. The molecule has 2 unspecified atom stereocenters. The van der Waals surface area contributed by atoms with Crippen molar-refractivity contribution in [2.45, 2.75) is 94.8 Å². The Morgan fingerprint density at radius 2 is 1.49 bits per heavy atom. The van der Waals surface area contributed by atoms with Crippen LogP contribution >= 0.6 is 0 Å². The van der Waals surface area contributed by atoms with Crippen LogP contribution in [-0.2, 0) is 45.9 Å². The number of H-pyrrole nitrogens is 1. The summed E-state index contributed by atoms with van der Waals surface area (Å²) in [6, 6.07) is 53.3. The first-order chi connectivity index (χ1) is 49.3. The summed E-state index contributed by atoms with van der Waals surface area (Å²) in [5, 5.41) is 46.1. The van der Waals surface area contributed by atoms with Crippen molar-refractivity contribution in [3.63, 3.8) is 0 Å². The zero-order valence-corrected chi connectivity index (χ0v) is 60.8. The predicted molar refractivity (Wildman–Crippen MR) is 390 cm³/mol. The minimum absolute atomic E-state index is 0. The summed E-state index contributed by atoms with van der Waals surface area (Å²) in [7, 11) is 1.06. The molecule has 0 saturated heterocycles. The smallest absolute Gasteiger partial charge is 1.00 e. The summed E-state index contributed by atoms with van der Waals surface area (Å²) >= 11 is 0. The van der Waals surface area contributed by atoms with Gasteiger partial charge in [-0.3, -0.25) is 24.5 Å². The number of aromatic hydroxyl groups is 1. The zero-order valence-electron chi connectivity index (χ0n) is 59.0. The number of nitrogens with one attached hydrogen (secondary N) is 6. The van der Waals surface area contributed by atoms with Crippen molar-refractivity contribution < 1.29 is 92.2 Å². The second-order valence-electron chi connectivity index (χ2n) is 24.4. The van der Waals surface area contributed by atoms with Gasteiger partial charge in [-0.25, -0.2) is 17.9 Å². The van der Waals surface area contributed by atoms with E-state index < -0.39 is 28.1 Å². The number of anilines is 3. The quantitative estimate of drug-likeness (QED) is 0.0108. The third-order valence-corrected chi connectivity index (χ3v) is 18.5. The molecular formula is C77H81N10NaO14S. The van der Waals surface area contributed by atoms with Crippen molar-refractivity contribution in [1.29, 1.82) is 0 Å². The van der Waals surface area contributed by atoms with Gasteiger partial charge in [0, 0.05) is 77.8 Å². The Kier molecular flexibility index (Phi) is 27.3. The van der Waals surface area contributed by atoms with Gasteiger partial charge in [-0.15, -0.1) is 10.2 Å². The topological polar surface area (TPSA) is 330 Å². The largest absolute Gasteiger partial charge is 1.00 e. The van der Waals surface area contributed by atoms with Crippen LogP contribution in [0.25, 0.3) is 33.5 Å². The van der Waals surface area contributed by atoms with E-state index in [1.165, 1.54) is 42.5 Å². The molecule has 1 aliphatic carbocycles. The second-order valence-corrected chi connectivity index (χ2v) is 26.1. The number of fused-ring (bicyclic) bond motifs is 2. The molecule has 8 aromatic carbocycles. The maximum absolute atomic E-state index is 12.9. The molecule has 4 amide bonds. The van der Waals surface area contributed by atoms with E-state index in [1.807, 2.05) is 73.3 Å². The van der Waals surface area contributed by atoms with Gasteiger partial charge in [0.2, 0.25) is 12.2 Å². The Labute approximate surface area is 619 Å². The molecule has 8 N–H and O–H groups in total. The number of sulfonamides is 1. The minimum Gasteiger partial charge on any atom is -1.00 e. The molecule has 26 heteroatoms. The van der Waals surface area contributed by atoms with Gasteiger partial charge in [-0.2, -0.15) is 5.21 Å².